The van der Waals surface area contributed by atoms with Gasteiger partial charge in [-0.15, -0.1) is 12.4 Å². The molecule has 1 aromatic rings. The summed E-state index contributed by atoms with van der Waals surface area (Å²) in [5.74, 6) is -0.418. The van der Waals surface area contributed by atoms with E-state index < -0.39 is 0 Å². The van der Waals surface area contributed by atoms with Gasteiger partial charge >= 0.3 is 0 Å². The number of halogens is 1. The number of carbonyl (C=O) groups is 2. The lowest BCUT2D eigenvalue weighted by atomic mass is 10.1. The molecule has 140 valence electrons. The Balaban J connectivity index is 0.00000312. The van der Waals surface area contributed by atoms with E-state index in [1.54, 1.807) is 4.90 Å². The molecule has 0 saturated carbocycles. The van der Waals surface area contributed by atoms with Crippen molar-refractivity contribution in [2.45, 2.75) is 32.3 Å². The van der Waals surface area contributed by atoms with Gasteiger partial charge in [-0.3, -0.25) is 9.59 Å². The highest BCUT2D eigenvalue weighted by atomic mass is 35.5. The molecule has 2 rings (SSSR count). The Kier molecular flexibility index (Phi) is 9.49. The van der Waals surface area contributed by atoms with E-state index in [-0.39, 0.29) is 43.4 Å². The molecule has 6 nitrogen and oxygen atoms in total. The van der Waals surface area contributed by atoms with Gasteiger partial charge in [0.25, 0.3) is 0 Å². The molecule has 3 N–H and O–H groups in total. The molecular weight excluding hydrogens is 342 g/mol. The average Bonchev–Trinajstić information content (AvgIpc) is 3.10. The molecule has 1 aliphatic heterocycles. The van der Waals surface area contributed by atoms with E-state index >= 15 is 0 Å². The molecule has 0 bridgehead atoms. The molecule has 2 amide bonds. The van der Waals surface area contributed by atoms with E-state index in [2.05, 4.69) is 36.5 Å². The normalized spacial score (nSPS) is 16.2. The van der Waals surface area contributed by atoms with Crippen molar-refractivity contribution >= 4 is 24.2 Å². The van der Waals surface area contributed by atoms with Crippen LogP contribution in [-0.4, -0.2) is 55.6 Å². The van der Waals surface area contributed by atoms with Crippen LogP contribution in [0.4, 0.5) is 0 Å². The van der Waals surface area contributed by atoms with E-state index in [1.165, 1.54) is 11.1 Å². The molecule has 0 radical (unpaired) electrons. The summed E-state index contributed by atoms with van der Waals surface area (Å²) in [5, 5.41) is 2.55. The van der Waals surface area contributed by atoms with Crippen molar-refractivity contribution in [1.82, 2.24) is 10.2 Å². The van der Waals surface area contributed by atoms with Gasteiger partial charge in [-0.2, -0.15) is 0 Å². The Bertz CT molecular complexity index is 545. The number of nitrogens with one attached hydrogen (secondary N) is 1. The van der Waals surface area contributed by atoms with Crippen LogP contribution in [0, 0.1) is 6.92 Å². The maximum atomic E-state index is 12.4. The predicted octanol–water partition coefficient (Wildman–Crippen LogP) is 1.04. The maximum Gasteiger partial charge on any atom is 0.242 e. The van der Waals surface area contributed by atoms with Gasteiger partial charge in [0, 0.05) is 19.7 Å². The van der Waals surface area contributed by atoms with Crippen LogP contribution in [0.15, 0.2) is 24.3 Å². The van der Waals surface area contributed by atoms with Crippen molar-refractivity contribution in [2.75, 3.05) is 32.8 Å². The van der Waals surface area contributed by atoms with Crippen LogP contribution in [0.3, 0.4) is 0 Å². The summed E-state index contributed by atoms with van der Waals surface area (Å²) in [4.78, 5) is 25.5. The fourth-order valence-corrected chi connectivity index (χ4v) is 2.73. The topological polar surface area (TPSA) is 84.7 Å². The Labute approximate surface area is 155 Å². The molecule has 0 aliphatic carbocycles. The minimum absolute atomic E-state index is 0. The zero-order valence-corrected chi connectivity index (χ0v) is 15.5. The fraction of sp³-hybridized carbons (Fsp3) is 0.556. The Morgan fingerprint density at radius 1 is 1.32 bits per heavy atom. The number of rotatable bonds is 8. The van der Waals surface area contributed by atoms with Crippen LogP contribution >= 0.6 is 12.4 Å². The van der Waals surface area contributed by atoms with Crippen LogP contribution in [0.2, 0.25) is 0 Å². The summed E-state index contributed by atoms with van der Waals surface area (Å²) >= 11 is 0. The van der Waals surface area contributed by atoms with E-state index in [9.17, 15) is 9.59 Å². The number of hydrogen-bond donors (Lipinski definition) is 2. The lowest BCUT2D eigenvalue weighted by Gasteiger charge is -2.25. The second kappa shape index (κ2) is 11.1. The zero-order valence-electron chi connectivity index (χ0n) is 14.7. The molecule has 7 heteroatoms. The van der Waals surface area contributed by atoms with Crippen LogP contribution in [0.5, 0.6) is 0 Å². The number of amides is 2. The highest BCUT2D eigenvalue weighted by molar-refractivity contribution is 5.85. The van der Waals surface area contributed by atoms with E-state index in [0.29, 0.717) is 13.1 Å². The zero-order chi connectivity index (χ0) is 17.4. The summed E-state index contributed by atoms with van der Waals surface area (Å²) in [6.07, 6.45) is 2.89. The number of carbonyl (C=O) groups excluding carboxylic acids is 2. The first-order chi connectivity index (χ1) is 11.6. The minimum Gasteiger partial charge on any atom is -0.376 e. The summed E-state index contributed by atoms with van der Waals surface area (Å²) in [5.41, 5.74) is 7.67. The van der Waals surface area contributed by atoms with Crippen LogP contribution in [0.25, 0.3) is 0 Å². The van der Waals surface area contributed by atoms with E-state index in [4.69, 9.17) is 10.5 Å². The molecular formula is C18H28ClN3O3. The first kappa shape index (κ1) is 21.4. The Morgan fingerprint density at radius 3 is 2.64 bits per heavy atom. The molecule has 1 unspecified atom stereocenters. The number of nitrogens with zero attached hydrogens (tertiary/aromatic N) is 1. The summed E-state index contributed by atoms with van der Waals surface area (Å²) in [6, 6.07) is 8.31. The second-order valence-corrected chi connectivity index (χ2v) is 6.19. The monoisotopic (exact) mass is 369 g/mol. The van der Waals surface area contributed by atoms with E-state index in [1.807, 2.05) is 0 Å². The third-order valence-electron chi connectivity index (χ3n) is 4.21. The fourth-order valence-electron chi connectivity index (χ4n) is 2.73. The van der Waals surface area contributed by atoms with Crippen molar-refractivity contribution in [2.24, 2.45) is 5.73 Å². The van der Waals surface area contributed by atoms with Gasteiger partial charge in [0.05, 0.1) is 19.2 Å². The highest BCUT2D eigenvalue weighted by Crippen LogP contribution is 2.14. The van der Waals surface area contributed by atoms with Crippen LogP contribution in [-0.2, 0) is 20.7 Å². The Morgan fingerprint density at radius 2 is 2.04 bits per heavy atom. The summed E-state index contributed by atoms with van der Waals surface area (Å²) in [7, 11) is 0. The van der Waals surface area contributed by atoms with Gasteiger partial charge in [-0.1, -0.05) is 29.8 Å². The second-order valence-electron chi connectivity index (χ2n) is 6.19. The quantitative estimate of drug-likeness (QED) is 0.717. The average molecular weight is 370 g/mol. The Hall–Kier alpha value is -1.63. The molecule has 1 aromatic carbocycles. The standard InChI is InChI=1S/C18H27N3O3.ClH/c1-14-4-6-15(7-5-14)8-9-21(13-16-3-2-10-24-16)18(23)12-20-17(22)11-19;/h4-7,16H,2-3,8-13,19H2,1H3,(H,20,22);1H. The largest absolute Gasteiger partial charge is 0.376 e. The molecule has 1 atom stereocenters. The van der Waals surface area contributed by atoms with Gasteiger partial charge in [0.2, 0.25) is 11.8 Å². The molecule has 1 saturated heterocycles. The van der Waals surface area contributed by atoms with Gasteiger partial charge in [0.15, 0.2) is 0 Å². The van der Waals surface area contributed by atoms with Crippen molar-refractivity contribution < 1.29 is 14.3 Å². The number of aryl methyl sites for hydroxylation is 1. The van der Waals surface area contributed by atoms with Gasteiger partial charge in [-0.25, -0.2) is 0 Å². The molecule has 0 spiro atoms. The van der Waals surface area contributed by atoms with E-state index in [0.717, 1.165) is 25.9 Å². The third-order valence-corrected chi connectivity index (χ3v) is 4.21. The lowest BCUT2D eigenvalue weighted by molar-refractivity contribution is -0.133. The van der Waals surface area contributed by atoms with Crippen molar-refractivity contribution in [1.29, 1.82) is 0 Å². The summed E-state index contributed by atoms with van der Waals surface area (Å²) < 4.78 is 5.65. The minimum atomic E-state index is -0.320. The first-order valence-electron chi connectivity index (χ1n) is 8.50. The third kappa shape index (κ3) is 7.42. The first-order valence-corrected chi connectivity index (χ1v) is 8.50. The van der Waals surface area contributed by atoms with Gasteiger partial charge in [0.1, 0.15) is 0 Å². The number of nitrogens with two attached hydrogens (primary N) is 1. The van der Waals surface area contributed by atoms with Crippen LogP contribution < -0.4 is 11.1 Å². The van der Waals surface area contributed by atoms with Crippen molar-refractivity contribution in [3.05, 3.63) is 35.4 Å². The number of ether oxygens (including phenoxy) is 1. The predicted molar refractivity (Wildman–Crippen MR) is 99.7 cm³/mol. The molecule has 0 aromatic heterocycles. The molecule has 1 heterocycles. The molecule has 1 fully saturated rings. The number of hydrogen-bond acceptors (Lipinski definition) is 4. The summed E-state index contributed by atoms with van der Waals surface area (Å²) in [6.45, 7) is 3.87. The SMILES string of the molecule is Cc1ccc(CCN(CC2CCCO2)C(=O)CNC(=O)CN)cc1.Cl. The maximum absolute atomic E-state index is 12.4. The lowest BCUT2D eigenvalue weighted by Crippen LogP contribution is -2.45. The number of benzene rings is 1. The highest BCUT2D eigenvalue weighted by Gasteiger charge is 2.22. The van der Waals surface area contributed by atoms with Gasteiger partial charge < -0.3 is 20.7 Å². The van der Waals surface area contributed by atoms with Gasteiger partial charge in [-0.05, 0) is 31.7 Å². The molecule has 1 aliphatic rings. The molecule has 25 heavy (non-hydrogen) atoms. The van der Waals surface area contributed by atoms with Crippen molar-refractivity contribution in [3.8, 4) is 0 Å². The van der Waals surface area contributed by atoms with Crippen molar-refractivity contribution in [3.63, 3.8) is 0 Å². The smallest absolute Gasteiger partial charge is 0.242 e. The van der Waals surface area contributed by atoms with Crippen LogP contribution in [0.1, 0.15) is 24.0 Å².